The lowest BCUT2D eigenvalue weighted by Gasteiger charge is -2.44. The highest BCUT2D eigenvalue weighted by molar-refractivity contribution is 7.11. The maximum atomic E-state index is 12.5. The molecule has 30 heavy (non-hydrogen) atoms. The van der Waals surface area contributed by atoms with Gasteiger partial charge in [-0.1, -0.05) is 31.4 Å². The molecule has 162 valence electrons. The van der Waals surface area contributed by atoms with Crippen molar-refractivity contribution in [3.63, 3.8) is 0 Å². The second-order valence-electron chi connectivity index (χ2n) is 8.86. The summed E-state index contributed by atoms with van der Waals surface area (Å²) < 4.78 is 5.37. The van der Waals surface area contributed by atoms with Gasteiger partial charge in [-0.2, -0.15) is 0 Å². The number of nitrogens with zero attached hydrogens (tertiary/aromatic N) is 2. The van der Waals surface area contributed by atoms with E-state index in [1.165, 1.54) is 49.0 Å². The number of piperidine rings is 1. The van der Waals surface area contributed by atoms with E-state index >= 15 is 0 Å². The predicted molar refractivity (Wildman–Crippen MR) is 122 cm³/mol. The summed E-state index contributed by atoms with van der Waals surface area (Å²) in [7, 11) is 1.73. The van der Waals surface area contributed by atoms with Gasteiger partial charge < -0.3 is 15.0 Å². The molecule has 0 bridgehead atoms. The van der Waals surface area contributed by atoms with Crippen molar-refractivity contribution >= 4 is 17.2 Å². The first-order valence-electron chi connectivity index (χ1n) is 11.2. The topological polar surface area (TPSA) is 54.5 Å². The van der Waals surface area contributed by atoms with Gasteiger partial charge in [-0.3, -0.25) is 4.79 Å². The van der Waals surface area contributed by atoms with Gasteiger partial charge in [0, 0.05) is 31.1 Å². The zero-order chi connectivity index (χ0) is 21.0. The fourth-order valence-electron chi connectivity index (χ4n) is 5.15. The van der Waals surface area contributed by atoms with E-state index in [4.69, 9.17) is 4.74 Å². The van der Waals surface area contributed by atoms with E-state index in [-0.39, 0.29) is 17.4 Å². The Hall–Kier alpha value is -1.92. The Morgan fingerprint density at radius 2 is 1.90 bits per heavy atom. The van der Waals surface area contributed by atoms with Crippen LogP contribution >= 0.6 is 11.3 Å². The third kappa shape index (κ3) is 4.70. The average Bonchev–Trinajstić information content (AvgIpc) is 3.22. The van der Waals surface area contributed by atoms with Gasteiger partial charge in [0.1, 0.15) is 10.6 Å². The molecule has 0 unspecified atom stereocenters. The van der Waals surface area contributed by atoms with Crippen LogP contribution in [0.15, 0.2) is 29.8 Å². The molecule has 5 nitrogen and oxygen atoms in total. The zero-order valence-corrected chi connectivity index (χ0v) is 19.0. The van der Waals surface area contributed by atoms with E-state index in [1.807, 2.05) is 6.92 Å². The number of nitrogens with one attached hydrogen (secondary N) is 1. The number of aryl methyl sites for hydroxylation is 1. The van der Waals surface area contributed by atoms with Gasteiger partial charge in [0.15, 0.2) is 0 Å². The van der Waals surface area contributed by atoms with Crippen molar-refractivity contribution in [3.05, 3.63) is 45.9 Å². The molecule has 2 heterocycles. The largest absolute Gasteiger partial charge is 0.497 e. The smallest absolute Gasteiger partial charge is 0.263 e. The molecule has 0 spiro atoms. The Kier molecular flexibility index (Phi) is 6.74. The molecule has 1 N–H and O–H groups in total. The summed E-state index contributed by atoms with van der Waals surface area (Å²) in [5, 5.41) is 3.23. The highest BCUT2D eigenvalue weighted by Crippen LogP contribution is 2.41. The quantitative estimate of drug-likeness (QED) is 0.734. The Morgan fingerprint density at radius 1 is 1.20 bits per heavy atom. The summed E-state index contributed by atoms with van der Waals surface area (Å²) >= 11 is 1.43. The number of hydrogen-bond acceptors (Lipinski definition) is 5. The van der Waals surface area contributed by atoms with E-state index < -0.39 is 0 Å². The van der Waals surface area contributed by atoms with Crippen molar-refractivity contribution < 1.29 is 9.53 Å². The molecule has 2 aromatic rings. The highest BCUT2D eigenvalue weighted by Gasteiger charge is 2.36. The van der Waals surface area contributed by atoms with Crippen molar-refractivity contribution in [2.24, 2.45) is 0 Å². The molecule has 2 aliphatic rings. The Balaban J connectivity index is 1.37. The van der Waals surface area contributed by atoms with Gasteiger partial charge in [-0.05, 0) is 50.3 Å². The van der Waals surface area contributed by atoms with Crippen LogP contribution in [0.4, 0.5) is 0 Å². The minimum absolute atomic E-state index is 0.0374. The number of aromatic nitrogens is 1. The van der Waals surface area contributed by atoms with Gasteiger partial charge in [0.05, 0.1) is 18.3 Å². The van der Waals surface area contributed by atoms with Crippen LogP contribution in [0.25, 0.3) is 0 Å². The molecule has 4 rings (SSSR count). The Bertz CT molecular complexity index is 834. The lowest BCUT2D eigenvalue weighted by molar-refractivity contribution is 0.0894. The number of carbonyl (C=O) groups is 1. The molecular formula is C24H33N3O2S. The van der Waals surface area contributed by atoms with Crippen molar-refractivity contribution in [1.82, 2.24) is 15.2 Å². The van der Waals surface area contributed by atoms with Crippen LogP contribution in [0.3, 0.4) is 0 Å². The van der Waals surface area contributed by atoms with E-state index in [1.54, 1.807) is 12.6 Å². The number of benzene rings is 1. The fraction of sp³-hybridized carbons (Fsp3) is 0.583. The first-order valence-corrected chi connectivity index (χ1v) is 12.1. The lowest BCUT2D eigenvalue weighted by Crippen LogP contribution is -2.49. The van der Waals surface area contributed by atoms with Gasteiger partial charge in [0.25, 0.3) is 5.91 Å². The maximum absolute atomic E-state index is 12.5. The maximum Gasteiger partial charge on any atom is 0.263 e. The summed E-state index contributed by atoms with van der Waals surface area (Å²) in [6.07, 6.45) is 8.54. The van der Waals surface area contributed by atoms with Gasteiger partial charge in [-0.25, -0.2) is 4.98 Å². The molecule has 1 aliphatic carbocycles. The summed E-state index contributed by atoms with van der Waals surface area (Å²) in [5.41, 5.74) is 4.28. The van der Waals surface area contributed by atoms with Gasteiger partial charge >= 0.3 is 0 Å². The fourth-order valence-corrected chi connectivity index (χ4v) is 5.85. The zero-order valence-electron chi connectivity index (χ0n) is 18.2. The number of hydrogen-bond donors (Lipinski definition) is 1. The molecule has 1 aromatic heterocycles. The third-order valence-electron chi connectivity index (χ3n) is 6.91. The molecule has 1 saturated carbocycles. The second-order valence-corrected chi connectivity index (χ2v) is 9.72. The number of methoxy groups -OCH3 is 1. The third-order valence-corrected chi connectivity index (χ3v) is 7.84. The van der Waals surface area contributed by atoms with E-state index in [0.717, 1.165) is 48.8 Å². The van der Waals surface area contributed by atoms with Crippen molar-refractivity contribution in [3.8, 4) is 5.75 Å². The molecule has 1 saturated heterocycles. The summed E-state index contributed by atoms with van der Waals surface area (Å²) in [5.74, 6) is 0.966. The number of ether oxygens (including phenoxy) is 1. The van der Waals surface area contributed by atoms with Crippen LogP contribution in [-0.2, 0) is 5.41 Å². The average molecular weight is 428 g/mol. The van der Waals surface area contributed by atoms with Crippen LogP contribution in [-0.4, -0.2) is 48.6 Å². The molecule has 0 atom stereocenters. The molecule has 0 radical (unpaired) electrons. The van der Waals surface area contributed by atoms with E-state index in [9.17, 15) is 4.79 Å². The number of rotatable bonds is 6. The van der Waals surface area contributed by atoms with Gasteiger partial charge in [-0.15, -0.1) is 11.3 Å². The number of carbonyl (C=O) groups excluding carboxylic acids is 1. The Labute approximate surface area is 183 Å². The first-order chi connectivity index (χ1) is 14.6. The SMILES string of the molecule is COc1ccc(C2(CN3CCC(NC(=O)c4scnc4C)CC3)CCCCC2)cc1. The molecule has 6 heteroatoms. The number of thiazole rings is 1. The lowest BCUT2D eigenvalue weighted by atomic mass is 9.69. The van der Waals surface area contributed by atoms with Crippen LogP contribution < -0.4 is 10.1 Å². The number of likely N-dealkylation sites (tertiary alicyclic amines) is 1. The summed E-state index contributed by atoms with van der Waals surface area (Å²) in [4.78, 5) is 20.1. The normalized spacial score (nSPS) is 20.1. The summed E-state index contributed by atoms with van der Waals surface area (Å²) in [6, 6.07) is 9.02. The van der Waals surface area contributed by atoms with Crippen LogP contribution in [0.1, 0.15) is 65.9 Å². The second kappa shape index (κ2) is 9.48. The Morgan fingerprint density at radius 3 is 2.50 bits per heavy atom. The van der Waals surface area contributed by atoms with Crippen LogP contribution in [0.5, 0.6) is 5.75 Å². The standard InChI is InChI=1S/C24H33N3O2S/c1-18-22(30-17-25-18)23(28)26-20-10-14-27(15-11-20)16-24(12-4-3-5-13-24)19-6-8-21(29-2)9-7-19/h6-9,17,20H,3-5,10-16H2,1-2H3,(H,26,28). The minimum Gasteiger partial charge on any atom is -0.497 e. The van der Waals surface area contributed by atoms with E-state index in [2.05, 4.69) is 39.5 Å². The molecular weight excluding hydrogens is 394 g/mol. The molecule has 1 aromatic carbocycles. The molecule has 1 amide bonds. The van der Waals surface area contributed by atoms with Crippen LogP contribution in [0, 0.1) is 6.92 Å². The van der Waals surface area contributed by atoms with E-state index in [0.29, 0.717) is 0 Å². The molecule has 1 aliphatic heterocycles. The van der Waals surface area contributed by atoms with Crippen molar-refractivity contribution in [2.75, 3.05) is 26.7 Å². The van der Waals surface area contributed by atoms with Crippen LogP contribution in [0.2, 0.25) is 0 Å². The predicted octanol–water partition coefficient (Wildman–Crippen LogP) is 4.56. The highest BCUT2D eigenvalue weighted by atomic mass is 32.1. The van der Waals surface area contributed by atoms with Crippen molar-refractivity contribution in [1.29, 1.82) is 0 Å². The molecule has 2 fully saturated rings. The first kappa shape index (κ1) is 21.3. The van der Waals surface area contributed by atoms with Gasteiger partial charge in [0.2, 0.25) is 0 Å². The summed E-state index contributed by atoms with van der Waals surface area (Å²) in [6.45, 7) is 5.11. The monoisotopic (exact) mass is 427 g/mol. The minimum atomic E-state index is 0.0374. The van der Waals surface area contributed by atoms with Crippen molar-refractivity contribution in [2.45, 2.75) is 63.3 Å². The number of amides is 1.